The Morgan fingerprint density at radius 3 is 2.44 bits per heavy atom. The van der Waals surface area contributed by atoms with Crippen LogP contribution in [0.2, 0.25) is 19.6 Å². The number of nitrogens with zero attached hydrogens (tertiary/aromatic N) is 1. The molecule has 1 saturated heterocycles. The summed E-state index contributed by atoms with van der Waals surface area (Å²) in [6.45, 7) is 12.4. The van der Waals surface area contributed by atoms with Crippen molar-refractivity contribution < 1.29 is 17.6 Å². The molecule has 0 saturated carbocycles. The fraction of sp³-hybridized carbons (Fsp3) is 0.556. The SMILES string of the molecule is CC[C@@H]1CO[C@H](/C=C(/C)O[Si](C)(C)C)N1S(=O)(=O)c1ccc(C)cc1. The van der Waals surface area contributed by atoms with Gasteiger partial charge < -0.3 is 9.16 Å². The normalized spacial score (nSPS) is 23.0. The van der Waals surface area contributed by atoms with Gasteiger partial charge in [-0.15, -0.1) is 0 Å². The maximum absolute atomic E-state index is 13.2. The molecule has 0 aromatic heterocycles. The molecule has 5 nitrogen and oxygen atoms in total. The molecule has 1 aliphatic rings. The van der Waals surface area contributed by atoms with Crippen LogP contribution < -0.4 is 0 Å². The van der Waals surface area contributed by atoms with Crippen LogP contribution in [0.25, 0.3) is 0 Å². The van der Waals surface area contributed by atoms with Gasteiger partial charge >= 0.3 is 0 Å². The van der Waals surface area contributed by atoms with E-state index >= 15 is 0 Å². The summed E-state index contributed by atoms with van der Waals surface area (Å²) in [5.74, 6) is 0.713. The second-order valence-electron chi connectivity index (χ2n) is 7.43. The number of aryl methyl sites for hydroxylation is 1. The van der Waals surface area contributed by atoms with E-state index in [1.807, 2.05) is 32.9 Å². The van der Waals surface area contributed by atoms with E-state index in [0.29, 0.717) is 23.7 Å². The summed E-state index contributed by atoms with van der Waals surface area (Å²) >= 11 is 0. The minimum absolute atomic E-state index is 0.174. The second kappa shape index (κ2) is 7.61. The highest BCUT2D eigenvalue weighted by atomic mass is 32.2. The van der Waals surface area contributed by atoms with Crippen molar-refractivity contribution in [1.82, 2.24) is 4.31 Å². The average Bonchev–Trinajstić information content (AvgIpc) is 2.89. The average molecular weight is 384 g/mol. The fourth-order valence-electron chi connectivity index (χ4n) is 2.87. The van der Waals surface area contributed by atoms with Crippen LogP contribution in [0.1, 0.15) is 25.8 Å². The molecule has 7 heteroatoms. The molecule has 2 atom stereocenters. The second-order valence-corrected chi connectivity index (χ2v) is 13.7. The van der Waals surface area contributed by atoms with Crippen molar-refractivity contribution in [2.45, 2.75) is 64.0 Å². The lowest BCUT2D eigenvalue weighted by atomic mass is 10.2. The van der Waals surface area contributed by atoms with Gasteiger partial charge in [-0.3, -0.25) is 0 Å². The topological polar surface area (TPSA) is 55.8 Å². The standard InChI is InChI=1S/C18H29NO4SSi/c1-7-16-13-22-18(12-15(3)23-25(4,5)6)19(16)24(20,21)17-10-8-14(2)9-11-17/h8-12,16,18H,7,13H2,1-6H3/b15-12-/t16-,18-/m1/s1. The van der Waals surface area contributed by atoms with Gasteiger partial charge in [-0.2, -0.15) is 4.31 Å². The first-order chi connectivity index (χ1) is 11.5. The van der Waals surface area contributed by atoms with Crippen molar-refractivity contribution >= 4 is 18.3 Å². The van der Waals surface area contributed by atoms with E-state index in [9.17, 15) is 8.42 Å². The van der Waals surface area contributed by atoms with Crippen molar-refractivity contribution in [3.05, 3.63) is 41.7 Å². The van der Waals surface area contributed by atoms with Gasteiger partial charge in [0.1, 0.15) is 6.23 Å². The molecule has 1 aliphatic heterocycles. The number of hydrogen-bond donors (Lipinski definition) is 0. The summed E-state index contributed by atoms with van der Waals surface area (Å²) in [7, 11) is -5.38. The molecular formula is C18H29NO4SSi. The molecule has 1 aromatic carbocycles. The minimum atomic E-state index is -3.64. The van der Waals surface area contributed by atoms with Crippen molar-refractivity contribution in [2.75, 3.05) is 6.61 Å². The van der Waals surface area contributed by atoms with Crippen LogP contribution in [0, 0.1) is 6.92 Å². The fourth-order valence-corrected chi connectivity index (χ4v) is 5.62. The lowest BCUT2D eigenvalue weighted by Crippen LogP contribution is -2.41. The van der Waals surface area contributed by atoms with Gasteiger partial charge in [-0.05, 0) is 58.1 Å². The zero-order chi connectivity index (χ0) is 18.8. The lowest BCUT2D eigenvalue weighted by molar-refractivity contribution is 0.105. The maximum atomic E-state index is 13.2. The third-order valence-corrected chi connectivity index (χ3v) is 6.85. The molecule has 1 heterocycles. The van der Waals surface area contributed by atoms with Gasteiger partial charge in [-0.25, -0.2) is 8.42 Å². The van der Waals surface area contributed by atoms with Crippen LogP contribution >= 0.6 is 0 Å². The third kappa shape index (κ3) is 4.94. The van der Waals surface area contributed by atoms with Crippen molar-refractivity contribution in [1.29, 1.82) is 0 Å². The van der Waals surface area contributed by atoms with Crippen LogP contribution in [-0.4, -0.2) is 39.9 Å². The van der Waals surface area contributed by atoms with Crippen molar-refractivity contribution in [3.63, 3.8) is 0 Å². The molecular weight excluding hydrogens is 354 g/mol. The Morgan fingerprint density at radius 1 is 1.32 bits per heavy atom. The summed E-state index contributed by atoms with van der Waals surface area (Å²) in [4.78, 5) is 0.296. The van der Waals surface area contributed by atoms with Crippen LogP contribution in [0.4, 0.5) is 0 Å². The zero-order valence-electron chi connectivity index (χ0n) is 15.9. The highest BCUT2D eigenvalue weighted by Crippen LogP contribution is 2.30. The molecule has 0 spiro atoms. The third-order valence-electron chi connectivity index (χ3n) is 3.98. The summed E-state index contributed by atoms with van der Waals surface area (Å²) in [5.41, 5.74) is 1.03. The lowest BCUT2D eigenvalue weighted by Gasteiger charge is -2.26. The minimum Gasteiger partial charge on any atom is -0.548 e. The molecule has 25 heavy (non-hydrogen) atoms. The number of rotatable bonds is 6. The van der Waals surface area contributed by atoms with Gasteiger partial charge in [-0.1, -0.05) is 24.6 Å². The van der Waals surface area contributed by atoms with E-state index in [1.165, 1.54) is 4.31 Å². The van der Waals surface area contributed by atoms with E-state index < -0.39 is 24.6 Å². The van der Waals surface area contributed by atoms with Gasteiger partial charge in [0.25, 0.3) is 0 Å². The van der Waals surface area contributed by atoms with Crippen molar-refractivity contribution in [3.8, 4) is 0 Å². The first kappa shape index (κ1) is 20.2. The highest BCUT2D eigenvalue weighted by Gasteiger charge is 2.41. The number of hydrogen-bond acceptors (Lipinski definition) is 4. The molecule has 0 bridgehead atoms. The Bertz CT molecular complexity index is 722. The molecule has 2 rings (SSSR count). The smallest absolute Gasteiger partial charge is 0.245 e. The Labute approximate surface area is 152 Å². The summed E-state index contributed by atoms with van der Waals surface area (Å²) in [6.07, 6.45) is 1.84. The van der Waals surface area contributed by atoms with Crippen LogP contribution in [-0.2, 0) is 19.2 Å². The highest BCUT2D eigenvalue weighted by molar-refractivity contribution is 7.89. The summed E-state index contributed by atoms with van der Waals surface area (Å²) in [5, 5.41) is 0. The van der Waals surface area contributed by atoms with E-state index in [-0.39, 0.29) is 6.04 Å². The van der Waals surface area contributed by atoms with Crippen LogP contribution in [0.3, 0.4) is 0 Å². The summed E-state index contributed by atoms with van der Waals surface area (Å²) < 4.78 is 39.6. The van der Waals surface area contributed by atoms with E-state index in [0.717, 1.165) is 5.56 Å². The maximum Gasteiger partial charge on any atom is 0.245 e. The first-order valence-electron chi connectivity index (χ1n) is 8.64. The van der Waals surface area contributed by atoms with Gasteiger partial charge in [0, 0.05) is 0 Å². The predicted molar refractivity (Wildman–Crippen MR) is 102 cm³/mol. The molecule has 1 fully saturated rings. The zero-order valence-corrected chi connectivity index (χ0v) is 17.8. The Morgan fingerprint density at radius 2 is 1.92 bits per heavy atom. The van der Waals surface area contributed by atoms with E-state index in [4.69, 9.17) is 9.16 Å². The van der Waals surface area contributed by atoms with Gasteiger partial charge in [0.15, 0.2) is 0 Å². The quantitative estimate of drug-likeness (QED) is 0.553. The molecule has 140 valence electrons. The Kier molecular flexibility index (Phi) is 6.14. The monoisotopic (exact) mass is 383 g/mol. The number of ether oxygens (including phenoxy) is 1. The Balaban J connectivity index is 2.36. The van der Waals surface area contributed by atoms with Gasteiger partial charge in [0.05, 0.1) is 23.3 Å². The number of benzene rings is 1. The van der Waals surface area contributed by atoms with E-state index in [2.05, 4.69) is 19.6 Å². The number of allylic oxidation sites excluding steroid dienone is 1. The molecule has 0 amide bonds. The van der Waals surface area contributed by atoms with Crippen LogP contribution in [0.5, 0.6) is 0 Å². The van der Waals surface area contributed by atoms with E-state index in [1.54, 1.807) is 18.2 Å². The van der Waals surface area contributed by atoms with Gasteiger partial charge in [0.2, 0.25) is 18.3 Å². The molecule has 0 aliphatic carbocycles. The van der Waals surface area contributed by atoms with Crippen LogP contribution in [0.15, 0.2) is 41.0 Å². The number of sulfonamides is 1. The van der Waals surface area contributed by atoms with Crippen molar-refractivity contribution in [2.24, 2.45) is 0 Å². The summed E-state index contributed by atoms with van der Waals surface area (Å²) in [6, 6.07) is 6.76. The molecule has 0 unspecified atom stereocenters. The largest absolute Gasteiger partial charge is 0.548 e. The molecule has 0 radical (unpaired) electrons. The Hall–Kier alpha value is -1.15. The molecule has 0 N–H and O–H groups in total. The predicted octanol–water partition coefficient (Wildman–Crippen LogP) is 3.88. The first-order valence-corrected chi connectivity index (χ1v) is 13.5. The molecule has 1 aromatic rings.